The Bertz CT molecular complexity index is 545. The van der Waals surface area contributed by atoms with Crippen LogP contribution in [-0.2, 0) is 7.05 Å². The third-order valence-corrected chi connectivity index (χ3v) is 3.70. The number of aromatic nitrogens is 3. The number of aryl methyl sites for hydroxylation is 2. The molecule has 0 fully saturated rings. The summed E-state index contributed by atoms with van der Waals surface area (Å²) in [7, 11) is 1.99. The number of rotatable bonds is 4. The van der Waals surface area contributed by atoms with Gasteiger partial charge in [0.2, 0.25) is 0 Å². The molecule has 4 heteroatoms. The van der Waals surface area contributed by atoms with Crippen LogP contribution in [0, 0.1) is 13.8 Å². The number of hydrogen-bond donors (Lipinski definition) is 1. The van der Waals surface area contributed by atoms with Crippen LogP contribution in [0.25, 0.3) is 0 Å². The maximum Gasteiger partial charge on any atom is 0.0644 e. The van der Waals surface area contributed by atoms with Crippen molar-refractivity contribution >= 4 is 0 Å². The molecule has 2 aromatic heterocycles. The lowest BCUT2D eigenvalue weighted by Gasteiger charge is -2.21. The van der Waals surface area contributed by atoms with Gasteiger partial charge in [-0.05, 0) is 45.4 Å². The van der Waals surface area contributed by atoms with Gasteiger partial charge >= 0.3 is 0 Å². The van der Waals surface area contributed by atoms with E-state index in [9.17, 15) is 0 Å². The first-order valence-electron chi connectivity index (χ1n) is 6.66. The lowest BCUT2D eigenvalue weighted by Crippen LogP contribution is -2.23. The van der Waals surface area contributed by atoms with E-state index in [1.54, 1.807) is 0 Å². The van der Waals surface area contributed by atoms with Crippen molar-refractivity contribution in [1.82, 2.24) is 20.1 Å². The summed E-state index contributed by atoms with van der Waals surface area (Å²) < 4.78 is 1.94. The van der Waals surface area contributed by atoms with E-state index in [-0.39, 0.29) is 12.1 Å². The van der Waals surface area contributed by atoms with E-state index >= 15 is 0 Å². The zero-order valence-electron chi connectivity index (χ0n) is 12.3. The van der Waals surface area contributed by atoms with Crippen molar-refractivity contribution in [2.24, 2.45) is 7.05 Å². The van der Waals surface area contributed by atoms with E-state index < -0.39 is 0 Å². The van der Waals surface area contributed by atoms with Crippen molar-refractivity contribution < 1.29 is 0 Å². The Labute approximate surface area is 114 Å². The quantitative estimate of drug-likeness (QED) is 0.917. The molecular weight excluding hydrogens is 236 g/mol. The molecular formula is C15H22N4. The van der Waals surface area contributed by atoms with Crippen LogP contribution in [0.2, 0.25) is 0 Å². The van der Waals surface area contributed by atoms with Crippen molar-refractivity contribution in [3.05, 3.63) is 47.0 Å². The van der Waals surface area contributed by atoms with Crippen LogP contribution in [0.3, 0.4) is 0 Å². The molecule has 2 aromatic rings. The highest BCUT2D eigenvalue weighted by atomic mass is 15.3. The molecule has 0 saturated carbocycles. The van der Waals surface area contributed by atoms with Crippen molar-refractivity contribution in [2.75, 3.05) is 0 Å². The van der Waals surface area contributed by atoms with Crippen LogP contribution in [0.15, 0.2) is 24.5 Å². The van der Waals surface area contributed by atoms with Gasteiger partial charge in [0.05, 0.1) is 5.69 Å². The standard InChI is InChI=1S/C15H22N4/c1-10(14-6-8-16-9-7-14)17-11(2)15-12(3)18-19(5)13(15)4/h6-11,17H,1-5H3. The molecule has 0 saturated heterocycles. The Balaban J connectivity index is 2.15. The molecule has 2 rings (SSSR count). The normalized spacial score (nSPS) is 14.4. The lowest BCUT2D eigenvalue weighted by atomic mass is 10.0. The van der Waals surface area contributed by atoms with E-state index in [0.717, 1.165) is 5.69 Å². The summed E-state index contributed by atoms with van der Waals surface area (Å²) in [5.41, 5.74) is 4.87. The SMILES string of the molecule is Cc1nn(C)c(C)c1C(C)NC(C)c1ccncc1. The zero-order valence-corrected chi connectivity index (χ0v) is 12.3. The van der Waals surface area contributed by atoms with Crippen LogP contribution in [-0.4, -0.2) is 14.8 Å². The smallest absolute Gasteiger partial charge is 0.0644 e. The summed E-state index contributed by atoms with van der Waals surface area (Å²) in [5.74, 6) is 0. The summed E-state index contributed by atoms with van der Waals surface area (Å²) in [6, 6.07) is 4.66. The second-order valence-electron chi connectivity index (χ2n) is 5.10. The summed E-state index contributed by atoms with van der Waals surface area (Å²) in [5, 5.41) is 8.10. The van der Waals surface area contributed by atoms with Crippen molar-refractivity contribution in [1.29, 1.82) is 0 Å². The molecule has 0 aliphatic heterocycles. The Morgan fingerprint density at radius 3 is 2.26 bits per heavy atom. The van der Waals surface area contributed by atoms with E-state index in [0.29, 0.717) is 0 Å². The van der Waals surface area contributed by atoms with Gasteiger partial charge in [-0.3, -0.25) is 9.67 Å². The van der Waals surface area contributed by atoms with Crippen LogP contribution in [0.5, 0.6) is 0 Å². The van der Waals surface area contributed by atoms with Gasteiger partial charge in [-0.1, -0.05) is 0 Å². The highest BCUT2D eigenvalue weighted by Gasteiger charge is 2.18. The second kappa shape index (κ2) is 5.53. The molecule has 0 aliphatic carbocycles. The minimum Gasteiger partial charge on any atom is -0.304 e. The summed E-state index contributed by atoms with van der Waals surface area (Å²) in [6.07, 6.45) is 3.66. The fourth-order valence-corrected chi connectivity index (χ4v) is 2.62. The van der Waals surface area contributed by atoms with Gasteiger partial charge in [-0.2, -0.15) is 5.10 Å². The van der Waals surface area contributed by atoms with Crippen molar-refractivity contribution in [3.8, 4) is 0 Å². The topological polar surface area (TPSA) is 42.7 Å². The molecule has 0 spiro atoms. The van der Waals surface area contributed by atoms with Crippen LogP contribution in [0.4, 0.5) is 0 Å². The summed E-state index contributed by atoms with van der Waals surface area (Å²) >= 11 is 0. The summed E-state index contributed by atoms with van der Waals surface area (Å²) in [6.45, 7) is 8.55. The monoisotopic (exact) mass is 258 g/mol. The van der Waals surface area contributed by atoms with Crippen LogP contribution >= 0.6 is 0 Å². The zero-order chi connectivity index (χ0) is 14.0. The highest BCUT2D eigenvalue weighted by Crippen LogP contribution is 2.23. The van der Waals surface area contributed by atoms with Gasteiger partial charge in [0, 0.05) is 42.8 Å². The molecule has 1 N–H and O–H groups in total. The third kappa shape index (κ3) is 2.84. The van der Waals surface area contributed by atoms with Crippen molar-refractivity contribution in [2.45, 2.75) is 39.8 Å². The Morgan fingerprint density at radius 1 is 1.11 bits per heavy atom. The highest BCUT2D eigenvalue weighted by molar-refractivity contribution is 5.28. The predicted octanol–water partition coefficient (Wildman–Crippen LogP) is 2.84. The largest absolute Gasteiger partial charge is 0.304 e. The lowest BCUT2D eigenvalue weighted by molar-refractivity contribution is 0.491. The van der Waals surface area contributed by atoms with Crippen LogP contribution < -0.4 is 5.32 Å². The fraction of sp³-hybridized carbons (Fsp3) is 0.467. The van der Waals surface area contributed by atoms with Gasteiger partial charge in [-0.25, -0.2) is 0 Å². The van der Waals surface area contributed by atoms with Gasteiger partial charge < -0.3 is 5.32 Å². The van der Waals surface area contributed by atoms with Crippen LogP contribution in [0.1, 0.15) is 48.4 Å². The molecule has 2 heterocycles. The second-order valence-corrected chi connectivity index (χ2v) is 5.10. The fourth-order valence-electron chi connectivity index (χ4n) is 2.62. The Hall–Kier alpha value is -1.68. The van der Waals surface area contributed by atoms with E-state index in [1.165, 1.54) is 16.8 Å². The molecule has 0 aliphatic rings. The maximum atomic E-state index is 4.48. The minimum absolute atomic E-state index is 0.275. The van der Waals surface area contributed by atoms with Gasteiger partial charge in [-0.15, -0.1) is 0 Å². The number of nitrogens with zero attached hydrogens (tertiary/aromatic N) is 3. The number of nitrogens with one attached hydrogen (secondary N) is 1. The summed E-state index contributed by atoms with van der Waals surface area (Å²) in [4.78, 5) is 4.06. The molecule has 2 unspecified atom stereocenters. The van der Waals surface area contributed by atoms with Gasteiger partial charge in [0.1, 0.15) is 0 Å². The van der Waals surface area contributed by atoms with E-state index in [4.69, 9.17) is 0 Å². The first-order chi connectivity index (χ1) is 9.00. The first kappa shape index (κ1) is 13.7. The molecule has 0 amide bonds. The molecule has 4 nitrogen and oxygen atoms in total. The minimum atomic E-state index is 0.275. The third-order valence-electron chi connectivity index (χ3n) is 3.70. The number of pyridine rings is 1. The average Bonchev–Trinajstić information content (AvgIpc) is 2.64. The molecule has 102 valence electrons. The van der Waals surface area contributed by atoms with Gasteiger partial charge in [0.15, 0.2) is 0 Å². The Morgan fingerprint density at radius 2 is 1.74 bits per heavy atom. The van der Waals surface area contributed by atoms with E-state index in [2.05, 4.69) is 43.1 Å². The average molecular weight is 258 g/mol. The predicted molar refractivity (Wildman–Crippen MR) is 76.9 cm³/mol. The van der Waals surface area contributed by atoms with Gasteiger partial charge in [0.25, 0.3) is 0 Å². The van der Waals surface area contributed by atoms with Crippen molar-refractivity contribution in [3.63, 3.8) is 0 Å². The molecule has 19 heavy (non-hydrogen) atoms. The van der Waals surface area contributed by atoms with E-state index in [1.807, 2.05) is 36.3 Å². The molecule has 0 aromatic carbocycles. The maximum absolute atomic E-state index is 4.48. The first-order valence-corrected chi connectivity index (χ1v) is 6.66. The Kier molecular flexibility index (Phi) is 4.00. The molecule has 0 bridgehead atoms. The molecule has 0 radical (unpaired) electrons. The molecule has 2 atom stereocenters. The number of hydrogen-bond acceptors (Lipinski definition) is 3.